The van der Waals surface area contributed by atoms with E-state index in [2.05, 4.69) is 15.9 Å². The number of hydrogen-bond donors (Lipinski definition) is 1. The molecule has 0 unspecified atom stereocenters. The molecule has 2 aromatic carbocycles. The van der Waals surface area contributed by atoms with Crippen LogP contribution >= 0.6 is 15.9 Å². The zero-order chi connectivity index (χ0) is 15.6. The number of benzene rings is 2. The van der Waals surface area contributed by atoms with Crippen LogP contribution in [0.3, 0.4) is 0 Å². The minimum Gasteiger partial charge on any atom is -0.493 e. The van der Waals surface area contributed by atoms with Crippen molar-refractivity contribution in [2.45, 2.75) is 6.92 Å². The molecule has 0 aliphatic rings. The van der Waals surface area contributed by atoms with Gasteiger partial charge in [-0.15, -0.1) is 0 Å². The summed E-state index contributed by atoms with van der Waals surface area (Å²) in [5.41, 5.74) is 4.99. The fraction of sp³-hybridized carbons (Fsp3) is 0.133. The molecular weight excluding hydrogens is 344 g/mol. The van der Waals surface area contributed by atoms with Gasteiger partial charge in [0, 0.05) is 10.5 Å². The highest BCUT2D eigenvalue weighted by atomic mass is 79.9. The number of ketones is 1. The van der Waals surface area contributed by atoms with Gasteiger partial charge < -0.3 is 10.5 Å². The van der Waals surface area contributed by atoms with Gasteiger partial charge in [0.25, 0.3) is 0 Å². The number of ether oxygens (including phenoxy) is 1. The summed E-state index contributed by atoms with van der Waals surface area (Å²) >= 11 is 3.25. The molecule has 0 aromatic heterocycles. The van der Waals surface area contributed by atoms with Gasteiger partial charge in [-0.25, -0.2) is 8.78 Å². The molecule has 0 heterocycles. The van der Waals surface area contributed by atoms with E-state index in [1.165, 1.54) is 6.07 Å². The standard InChI is InChI=1S/C15H12BrF2NO2/c1-2-21-14-4-3-8(16)5-10(14)15(20)9-6-13(19)12(18)7-11(9)17/h3-7H,2,19H2,1H3. The van der Waals surface area contributed by atoms with Gasteiger partial charge in [0.1, 0.15) is 17.4 Å². The van der Waals surface area contributed by atoms with Crippen LogP contribution in [0.25, 0.3) is 0 Å². The Morgan fingerprint density at radius 1 is 1.19 bits per heavy atom. The van der Waals surface area contributed by atoms with Crippen LogP contribution in [0.2, 0.25) is 0 Å². The first-order valence-electron chi connectivity index (χ1n) is 6.15. The van der Waals surface area contributed by atoms with Gasteiger partial charge in [-0.2, -0.15) is 0 Å². The van der Waals surface area contributed by atoms with E-state index in [1.807, 2.05) is 0 Å². The number of halogens is 3. The highest BCUT2D eigenvalue weighted by Crippen LogP contribution is 2.28. The highest BCUT2D eigenvalue weighted by Gasteiger charge is 2.20. The van der Waals surface area contributed by atoms with Crippen molar-refractivity contribution in [1.29, 1.82) is 0 Å². The zero-order valence-corrected chi connectivity index (χ0v) is 12.7. The van der Waals surface area contributed by atoms with Crippen molar-refractivity contribution >= 4 is 27.4 Å². The Bertz CT molecular complexity index is 704. The van der Waals surface area contributed by atoms with E-state index in [-0.39, 0.29) is 16.8 Å². The van der Waals surface area contributed by atoms with Crippen LogP contribution in [0.5, 0.6) is 5.75 Å². The first-order valence-corrected chi connectivity index (χ1v) is 6.95. The molecule has 0 amide bonds. The van der Waals surface area contributed by atoms with Gasteiger partial charge in [0.2, 0.25) is 0 Å². The number of nitrogens with two attached hydrogens (primary N) is 1. The molecule has 21 heavy (non-hydrogen) atoms. The summed E-state index contributed by atoms with van der Waals surface area (Å²) in [6.07, 6.45) is 0. The molecule has 0 saturated carbocycles. The third-order valence-corrected chi connectivity index (χ3v) is 3.31. The minimum absolute atomic E-state index is 0.177. The van der Waals surface area contributed by atoms with E-state index in [0.717, 1.165) is 6.07 Å². The van der Waals surface area contributed by atoms with Crippen LogP contribution in [0, 0.1) is 11.6 Å². The van der Waals surface area contributed by atoms with Crippen molar-refractivity contribution in [3.63, 3.8) is 0 Å². The van der Waals surface area contributed by atoms with E-state index in [1.54, 1.807) is 19.1 Å². The summed E-state index contributed by atoms with van der Waals surface area (Å²) in [6.45, 7) is 2.13. The van der Waals surface area contributed by atoms with E-state index in [0.29, 0.717) is 22.9 Å². The molecule has 2 N–H and O–H groups in total. The fourth-order valence-electron chi connectivity index (χ4n) is 1.85. The van der Waals surface area contributed by atoms with E-state index in [9.17, 15) is 13.6 Å². The molecule has 2 rings (SSSR count). The van der Waals surface area contributed by atoms with Gasteiger partial charge in [-0.3, -0.25) is 4.79 Å². The normalized spacial score (nSPS) is 10.5. The van der Waals surface area contributed by atoms with E-state index in [4.69, 9.17) is 10.5 Å². The zero-order valence-electron chi connectivity index (χ0n) is 11.1. The number of anilines is 1. The minimum atomic E-state index is -0.964. The summed E-state index contributed by atoms with van der Waals surface area (Å²) in [6, 6.07) is 6.42. The largest absolute Gasteiger partial charge is 0.493 e. The number of rotatable bonds is 4. The Labute approximate surface area is 128 Å². The van der Waals surface area contributed by atoms with Gasteiger partial charge in [-0.1, -0.05) is 15.9 Å². The summed E-state index contributed by atoms with van der Waals surface area (Å²) in [4.78, 5) is 12.5. The summed E-state index contributed by atoms with van der Waals surface area (Å²) in [7, 11) is 0. The van der Waals surface area contributed by atoms with Crippen molar-refractivity contribution in [2.75, 3.05) is 12.3 Å². The average Bonchev–Trinajstić information content (AvgIpc) is 2.44. The molecule has 0 fully saturated rings. The summed E-state index contributed by atoms with van der Waals surface area (Å²) < 4.78 is 33.0. The lowest BCUT2D eigenvalue weighted by Gasteiger charge is -2.11. The SMILES string of the molecule is CCOc1ccc(Br)cc1C(=O)c1cc(N)c(F)cc1F. The Balaban J connectivity index is 2.54. The molecule has 2 aromatic rings. The van der Waals surface area contributed by atoms with Crippen LogP contribution in [0.15, 0.2) is 34.8 Å². The van der Waals surface area contributed by atoms with Crippen LogP contribution < -0.4 is 10.5 Å². The van der Waals surface area contributed by atoms with Crippen molar-refractivity contribution in [2.24, 2.45) is 0 Å². The Hall–Kier alpha value is -1.95. The topological polar surface area (TPSA) is 52.3 Å². The summed E-state index contributed by atoms with van der Waals surface area (Å²) in [5, 5.41) is 0. The molecule has 0 saturated heterocycles. The van der Waals surface area contributed by atoms with Crippen LogP contribution in [0.4, 0.5) is 14.5 Å². The third kappa shape index (κ3) is 3.21. The molecule has 0 aliphatic carbocycles. The number of carbonyl (C=O) groups excluding carboxylic acids is 1. The smallest absolute Gasteiger partial charge is 0.199 e. The predicted octanol–water partition coefficient (Wildman–Crippen LogP) is 3.94. The third-order valence-electron chi connectivity index (χ3n) is 2.82. The van der Waals surface area contributed by atoms with Gasteiger partial charge in [0.15, 0.2) is 5.78 Å². The molecule has 110 valence electrons. The molecule has 0 radical (unpaired) electrons. The summed E-state index contributed by atoms with van der Waals surface area (Å²) in [5.74, 6) is -2.16. The van der Waals surface area contributed by atoms with Crippen molar-refractivity contribution in [3.05, 3.63) is 57.6 Å². The lowest BCUT2D eigenvalue weighted by atomic mass is 10.0. The van der Waals surface area contributed by atoms with Crippen molar-refractivity contribution in [3.8, 4) is 5.75 Å². The second-order valence-corrected chi connectivity index (χ2v) is 5.17. The average molecular weight is 356 g/mol. The second-order valence-electron chi connectivity index (χ2n) is 4.26. The number of hydrogen-bond acceptors (Lipinski definition) is 3. The van der Waals surface area contributed by atoms with Gasteiger partial charge >= 0.3 is 0 Å². The Morgan fingerprint density at radius 2 is 1.90 bits per heavy atom. The van der Waals surface area contributed by atoms with Gasteiger partial charge in [0.05, 0.1) is 23.4 Å². The fourth-order valence-corrected chi connectivity index (χ4v) is 2.21. The van der Waals surface area contributed by atoms with E-state index >= 15 is 0 Å². The van der Waals surface area contributed by atoms with Crippen LogP contribution in [0.1, 0.15) is 22.8 Å². The highest BCUT2D eigenvalue weighted by molar-refractivity contribution is 9.10. The Morgan fingerprint density at radius 3 is 2.57 bits per heavy atom. The molecule has 0 aliphatic heterocycles. The maximum absolute atomic E-state index is 13.8. The van der Waals surface area contributed by atoms with E-state index < -0.39 is 17.4 Å². The van der Waals surface area contributed by atoms with Crippen molar-refractivity contribution < 1.29 is 18.3 Å². The number of nitrogen functional groups attached to an aromatic ring is 1. The molecule has 6 heteroatoms. The molecular formula is C15H12BrF2NO2. The van der Waals surface area contributed by atoms with Crippen LogP contribution in [-0.4, -0.2) is 12.4 Å². The maximum Gasteiger partial charge on any atom is 0.199 e. The first-order chi connectivity index (χ1) is 9.93. The quantitative estimate of drug-likeness (QED) is 0.667. The van der Waals surface area contributed by atoms with Gasteiger partial charge in [-0.05, 0) is 31.2 Å². The molecule has 0 atom stereocenters. The van der Waals surface area contributed by atoms with Crippen molar-refractivity contribution in [1.82, 2.24) is 0 Å². The molecule has 3 nitrogen and oxygen atoms in total. The molecule has 0 bridgehead atoms. The monoisotopic (exact) mass is 355 g/mol. The van der Waals surface area contributed by atoms with Crippen LogP contribution in [-0.2, 0) is 0 Å². The second kappa shape index (κ2) is 6.22. The first kappa shape index (κ1) is 15.4. The lowest BCUT2D eigenvalue weighted by Crippen LogP contribution is -2.09. The number of carbonyl (C=O) groups is 1. The predicted molar refractivity (Wildman–Crippen MR) is 79.5 cm³/mol. The lowest BCUT2D eigenvalue weighted by molar-refractivity contribution is 0.103. The molecule has 0 spiro atoms. The maximum atomic E-state index is 13.8. The Kier molecular flexibility index (Phi) is 4.57.